The highest BCUT2D eigenvalue weighted by atomic mass is 16.5. The molecule has 0 radical (unpaired) electrons. The number of anilines is 2. The average molecular weight is 527 g/mol. The standard InChI is InChI=1S/C33H38N2O4/c1-7-34(8-2)26-15-10-24(11-16-26)30-29(31(36)25-12-17-28(18-13-25)39-20-21(3)4)32(37)33(38)35(30)27-14-9-22(5)23(6)19-27/h9-19,21,30,36H,7-8,20H2,1-6H3/b31-29+. The third-order valence-electron chi connectivity index (χ3n) is 7.26. The molecule has 4 rings (SSSR count). The molecule has 1 unspecified atom stereocenters. The lowest BCUT2D eigenvalue weighted by molar-refractivity contribution is -0.132. The molecule has 1 aliphatic rings. The number of amides is 1. The van der Waals surface area contributed by atoms with Crippen LogP contribution in [0.25, 0.3) is 5.76 Å². The van der Waals surface area contributed by atoms with Crippen LogP contribution in [0.4, 0.5) is 11.4 Å². The quantitative estimate of drug-likeness (QED) is 0.188. The largest absolute Gasteiger partial charge is 0.507 e. The molecular formula is C33H38N2O4. The number of nitrogens with zero attached hydrogens (tertiary/aromatic N) is 2. The molecule has 3 aromatic carbocycles. The van der Waals surface area contributed by atoms with E-state index >= 15 is 0 Å². The van der Waals surface area contributed by atoms with Crippen molar-refractivity contribution in [2.75, 3.05) is 29.5 Å². The Morgan fingerprint density at radius 2 is 1.56 bits per heavy atom. The Bertz CT molecular complexity index is 1370. The maximum atomic E-state index is 13.5. The van der Waals surface area contributed by atoms with Crippen molar-refractivity contribution in [2.24, 2.45) is 5.92 Å². The fraction of sp³-hybridized carbons (Fsp3) is 0.333. The molecule has 1 heterocycles. The summed E-state index contributed by atoms with van der Waals surface area (Å²) in [5, 5.41) is 11.5. The molecule has 0 aliphatic carbocycles. The number of ketones is 1. The van der Waals surface area contributed by atoms with Crippen molar-refractivity contribution in [3.8, 4) is 5.75 Å². The van der Waals surface area contributed by atoms with E-state index in [0.717, 1.165) is 35.5 Å². The zero-order valence-electron chi connectivity index (χ0n) is 23.7. The zero-order valence-corrected chi connectivity index (χ0v) is 23.7. The second-order valence-corrected chi connectivity index (χ2v) is 10.4. The molecule has 1 saturated heterocycles. The van der Waals surface area contributed by atoms with Gasteiger partial charge < -0.3 is 14.7 Å². The lowest BCUT2D eigenvalue weighted by atomic mass is 9.94. The highest BCUT2D eigenvalue weighted by Gasteiger charge is 2.47. The van der Waals surface area contributed by atoms with Crippen molar-refractivity contribution in [3.05, 3.63) is 94.6 Å². The minimum Gasteiger partial charge on any atom is -0.507 e. The summed E-state index contributed by atoms with van der Waals surface area (Å²) in [6.45, 7) is 14.7. The van der Waals surface area contributed by atoms with Crippen LogP contribution in [0.3, 0.4) is 0 Å². The lowest BCUT2D eigenvalue weighted by Crippen LogP contribution is -2.29. The number of carbonyl (C=O) groups is 2. The van der Waals surface area contributed by atoms with Crippen molar-refractivity contribution >= 4 is 28.8 Å². The van der Waals surface area contributed by atoms with E-state index in [1.54, 1.807) is 24.3 Å². The monoisotopic (exact) mass is 526 g/mol. The number of aryl methyl sites for hydroxylation is 2. The van der Waals surface area contributed by atoms with Gasteiger partial charge >= 0.3 is 0 Å². The molecule has 0 spiro atoms. The molecular weight excluding hydrogens is 488 g/mol. The summed E-state index contributed by atoms with van der Waals surface area (Å²) in [6, 6.07) is 19.8. The van der Waals surface area contributed by atoms with Gasteiger partial charge in [0.05, 0.1) is 18.2 Å². The Morgan fingerprint density at radius 3 is 2.13 bits per heavy atom. The van der Waals surface area contributed by atoms with Gasteiger partial charge in [-0.2, -0.15) is 0 Å². The first kappa shape index (κ1) is 28.0. The van der Waals surface area contributed by atoms with Crippen molar-refractivity contribution in [1.29, 1.82) is 0 Å². The first-order chi connectivity index (χ1) is 18.7. The second-order valence-electron chi connectivity index (χ2n) is 10.4. The number of rotatable bonds is 9. The Hall–Kier alpha value is -4.06. The van der Waals surface area contributed by atoms with Gasteiger partial charge in [-0.3, -0.25) is 14.5 Å². The molecule has 1 aliphatic heterocycles. The van der Waals surface area contributed by atoms with Gasteiger partial charge in [-0.1, -0.05) is 32.0 Å². The molecule has 6 heteroatoms. The summed E-state index contributed by atoms with van der Waals surface area (Å²) in [7, 11) is 0. The van der Waals surface area contributed by atoms with E-state index in [9.17, 15) is 14.7 Å². The first-order valence-electron chi connectivity index (χ1n) is 13.6. The Balaban J connectivity index is 1.83. The van der Waals surface area contributed by atoms with Crippen LogP contribution >= 0.6 is 0 Å². The Kier molecular flexibility index (Phi) is 8.44. The van der Waals surface area contributed by atoms with Crippen LogP contribution in [0.2, 0.25) is 0 Å². The summed E-state index contributed by atoms with van der Waals surface area (Å²) in [4.78, 5) is 30.8. The van der Waals surface area contributed by atoms with E-state index in [-0.39, 0.29) is 11.3 Å². The second kappa shape index (κ2) is 11.8. The van der Waals surface area contributed by atoms with E-state index < -0.39 is 17.7 Å². The molecule has 39 heavy (non-hydrogen) atoms. The molecule has 0 aromatic heterocycles. The van der Waals surface area contributed by atoms with Crippen molar-refractivity contribution in [1.82, 2.24) is 0 Å². The number of aliphatic hydroxyl groups is 1. The minimum absolute atomic E-state index is 0.0738. The predicted molar refractivity (Wildman–Crippen MR) is 157 cm³/mol. The van der Waals surface area contributed by atoms with Crippen molar-refractivity contribution < 1.29 is 19.4 Å². The summed E-state index contributed by atoms with van der Waals surface area (Å²) >= 11 is 0. The van der Waals surface area contributed by atoms with Gasteiger partial charge in [0, 0.05) is 30.0 Å². The molecule has 1 N–H and O–H groups in total. The van der Waals surface area contributed by atoms with Gasteiger partial charge in [-0.25, -0.2) is 0 Å². The van der Waals surface area contributed by atoms with Crippen LogP contribution in [-0.4, -0.2) is 36.5 Å². The predicted octanol–water partition coefficient (Wildman–Crippen LogP) is 6.81. The Labute approximate surface area is 231 Å². The van der Waals surface area contributed by atoms with Crippen LogP contribution in [0.1, 0.15) is 56.0 Å². The lowest BCUT2D eigenvalue weighted by Gasteiger charge is -2.27. The molecule has 1 amide bonds. The fourth-order valence-electron chi connectivity index (χ4n) is 4.87. The Morgan fingerprint density at radius 1 is 0.923 bits per heavy atom. The summed E-state index contributed by atoms with van der Waals surface area (Å²) in [5.41, 5.74) is 5.07. The van der Waals surface area contributed by atoms with Crippen LogP contribution in [0.15, 0.2) is 72.3 Å². The first-order valence-corrected chi connectivity index (χ1v) is 13.6. The number of Topliss-reactive ketones (excluding diaryl/α,β-unsaturated/α-hetero) is 1. The molecule has 1 atom stereocenters. The van der Waals surface area contributed by atoms with Gasteiger partial charge in [0.15, 0.2) is 0 Å². The number of carbonyl (C=O) groups excluding carboxylic acids is 2. The van der Waals surface area contributed by atoms with E-state index in [1.165, 1.54) is 4.90 Å². The molecule has 6 nitrogen and oxygen atoms in total. The molecule has 3 aromatic rings. The van der Waals surface area contributed by atoms with E-state index in [4.69, 9.17) is 4.74 Å². The summed E-state index contributed by atoms with van der Waals surface area (Å²) in [5.74, 6) is -0.502. The highest BCUT2D eigenvalue weighted by Crippen LogP contribution is 2.43. The summed E-state index contributed by atoms with van der Waals surface area (Å²) in [6.07, 6.45) is 0. The average Bonchev–Trinajstić information content (AvgIpc) is 3.20. The maximum absolute atomic E-state index is 13.5. The fourth-order valence-corrected chi connectivity index (χ4v) is 4.87. The van der Waals surface area contributed by atoms with Crippen LogP contribution in [0, 0.1) is 19.8 Å². The zero-order chi connectivity index (χ0) is 28.3. The van der Waals surface area contributed by atoms with Gasteiger partial charge in [0.25, 0.3) is 11.7 Å². The molecule has 1 fully saturated rings. The van der Waals surface area contributed by atoms with E-state index in [2.05, 4.69) is 32.6 Å². The normalized spacial score (nSPS) is 16.7. The third kappa shape index (κ3) is 5.70. The number of hydrogen-bond acceptors (Lipinski definition) is 5. The van der Waals surface area contributed by atoms with Gasteiger partial charge in [-0.15, -0.1) is 0 Å². The summed E-state index contributed by atoms with van der Waals surface area (Å²) < 4.78 is 5.77. The van der Waals surface area contributed by atoms with E-state index in [1.807, 2.05) is 56.3 Å². The number of ether oxygens (including phenoxy) is 1. The van der Waals surface area contributed by atoms with Gasteiger partial charge in [0.1, 0.15) is 11.5 Å². The van der Waals surface area contributed by atoms with Crippen molar-refractivity contribution in [2.45, 2.75) is 47.6 Å². The molecule has 0 bridgehead atoms. The van der Waals surface area contributed by atoms with Crippen LogP contribution in [-0.2, 0) is 9.59 Å². The number of benzene rings is 3. The van der Waals surface area contributed by atoms with Gasteiger partial charge in [0.2, 0.25) is 0 Å². The topological polar surface area (TPSA) is 70.1 Å². The van der Waals surface area contributed by atoms with Gasteiger partial charge in [-0.05, 0) is 98.8 Å². The number of aliphatic hydroxyl groups excluding tert-OH is 1. The van der Waals surface area contributed by atoms with Crippen LogP contribution < -0.4 is 14.5 Å². The minimum atomic E-state index is -0.769. The van der Waals surface area contributed by atoms with Crippen LogP contribution in [0.5, 0.6) is 5.75 Å². The third-order valence-corrected chi connectivity index (χ3v) is 7.26. The highest BCUT2D eigenvalue weighted by molar-refractivity contribution is 6.51. The number of hydrogen-bond donors (Lipinski definition) is 1. The smallest absolute Gasteiger partial charge is 0.300 e. The van der Waals surface area contributed by atoms with Crippen molar-refractivity contribution in [3.63, 3.8) is 0 Å². The molecule has 204 valence electrons. The van der Waals surface area contributed by atoms with E-state index in [0.29, 0.717) is 29.5 Å². The molecule has 0 saturated carbocycles. The maximum Gasteiger partial charge on any atom is 0.300 e. The SMILES string of the molecule is CCN(CC)c1ccc(C2/C(=C(\O)c3ccc(OCC(C)C)cc3)C(=O)C(=O)N2c2ccc(C)c(C)c2)cc1.